The third kappa shape index (κ3) is 6.24. The second-order valence-corrected chi connectivity index (χ2v) is 10.5. The molecular formula is C24H31ClN2O4S. The smallest absolute Gasteiger partial charge is 0.246 e. The molecule has 0 unspecified atom stereocenters. The third-order valence-electron chi connectivity index (χ3n) is 5.68. The topological polar surface area (TPSA) is 75.7 Å². The molecular weight excluding hydrogens is 448 g/mol. The lowest BCUT2D eigenvalue weighted by molar-refractivity contribution is -0.126. The summed E-state index contributed by atoms with van der Waals surface area (Å²) in [5, 5.41) is 3.39. The number of sulfonamides is 1. The van der Waals surface area contributed by atoms with E-state index < -0.39 is 10.0 Å². The van der Waals surface area contributed by atoms with E-state index in [1.54, 1.807) is 19.1 Å². The maximum atomic E-state index is 13.3. The van der Waals surface area contributed by atoms with E-state index in [0.29, 0.717) is 31.0 Å². The first-order valence-corrected chi connectivity index (χ1v) is 12.9. The van der Waals surface area contributed by atoms with Crippen molar-refractivity contribution in [3.8, 4) is 5.75 Å². The Morgan fingerprint density at radius 3 is 2.72 bits per heavy atom. The van der Waals surface area contributed by atoms with Crippen molar-refractivity contribution >= 4 is 27.5 Å². The lowest BCUT2D eigenvalue weighted by atomic mass is 9.98. The highest BCUT2D eigenvalue weighted by atomic mass is 35.5. The highest BCUT2D eigenvalue weighted by Gasteiger charge is 2.35. The molecule has 1 saturated heterocycles. The molecule has 1 fully saturated rings. The molecule has 0 radical (unpaired) electrons. The Morgan fingerprint density at radius 1 is 1.25 bits per heavy atom. The van der Waals surface area contributed by atoms with Crippen LogP contribution in [0.15, 0.2) is 53.4 Å². The average Bonchev–Trinajstić information content (AvgIpc) is 2.79. The molecule has 1 N–H and O–H groups in total. The summed E-state index contributed by atoms with van der Waals surface area (Å²) in [7, 11) is -3.83. The van der Waals surface area contributed by atoms with Gasteiger partial charge in [0.25, 0.3) is 0 Å². The maximum Gasteiger partial charge on any atom is 0.246 e. The van der Waals surface area contributed by atoms with E-state index >= 15 is 0 Å². The van der Waals surface area contributed by atoms with Gasteiger partial charge in [0.1, 0.15) is 10.6 Å². The zero-order valence-electron chi connectivity index (χ0n) is 18.6. The molecule has 6 nitrogen and oxygen atoms in total. The number of hydrogen-bond acceptors (Lipinski definition) is 4. The second-order valence-electron chi connectivity index (χ2n) is 8.16. The maximum absolute atomic E-state index is 13.3. The van der Waals surface area contributed by atoms with E-state index in [4.69, 9.17) is 16.3 Å². The van der Waals surface area contributed by atoms with Crippen LogP contribution in [0.3, 0.4) is 0 Å². The lowest BCUT2D eigenvalue weighted by Gasteiger charge is -2.32. The van der Waals surface area contributed by atoms with E-state index in [9.17, 15) is 13.2 Å². The molecule has 2 aromatic rings. The van der Waals surface area contributed by atoms with Crippen LogP contribution in [0.2, 0.25) is 5.02 Å². The zero-order valence-corrected chi connectivity index (χ0v) is 20.2. The predicted molar refractivity (Wildman–Crippen MR) is 126 cm³/mol. The summed E-state index contributed by atoms with van der Waals surface area (Å²) in [5.41, 5.74) is 1.23. The molecule has 8 heteroatoms. The number of carbonyl (C=O) groups excluding carboxylic acids is 1. The molecule has 1 aliphatic rings. The van der Waals surface area contributed by atoms with E-state index in [1.165, 1.54) is 15.9 Å². The number of ether oxygens (including phenoxy) is 1. The summed E-state index contributed by atoms with van der Waals surface area (Å²) in [6.45, 7) is 4.64. The Bertz CT molecular complexity index is 1010. The van der Waals surface area contributed by atoms with Gasteiger partial charge < -0.3 is 10.1 Å². The fourth-order valence-electron chi connectivity index (χ4n) is 3.93. The van der Waals surface area contributed by atoms with Crippen molar-refractivity contribution in [3.63, 3.8) is 0 Å². The SMILES string of the molecule is CCOc1ccc(Cl)cc1S(=O)(=O)N1CCC[C@@H](C(=O)N[C@H](C)CCc2ccccc2)C1. The van der Waals surface area contributed by atoms with Crippen molar-refractivity contribution < 1.29 is 17.9 Å². The highest BCUT2D eigenvalue weighted by molar-refractivity contribution is 7.89. The molecule has 2 atom stereocenters. The molecule has 2 aromatic carbocycles. The van der Waals surface area contributed by atoms with Crippen molar-refractivity contribution in [2.45, 2.75) is 50.5 Å². The van der Waals surface area contributed by atoms with Gasteiger partial charge in [0.05, 0.1) is 12.5 Å². The van der Waals surface area contributed by atoms with Crippen LogP contribution in [-0.4, -0.2) is 44.4 Å². The van der Waals surface area contributed by atoms with Gasteiger partial charge in [-0.2, -0.15) is 4.31 Å². The normalized spacial score (nSPS) is 18.2. The first-order valence-electron chi connectivity index (χ1n) is 11.1. The molecule has 0 aliphatic carbocycles. The second kappa shape index (κ2) is 11.2. The summed E-state index contributed by atoms with van der Waals surface area (Å²) >= 11 is 6.07. The van der Waals surface area contributed by atoms with Crippen LogP contribution in [0.1, 0.15) is 38.7 Å². The van der Waals surface area contributed by atoms with Gasteiger partial charge in [-0.05, 0) is 63.3 Å². The van der Waals surface area contributed by atoms with Gasteiger partial charge in [0.15, 0.2) is 0 Å². The summed E-state index contributed by atoms with van der Waals surface area (Å²) in [6, 6.07) is 14.7. The van der Waals surface area contributed by atoms with E-state index in [1.807, 2.05) is 25.1 Å². The number of benzene rings is 2. The molecule has 1 aliphatic heterocycles. The Kier molecular flexibility index (Phi) is 8.57. The van der Waals surface area contributed by atoms with Crippen LogP contribution in [-0.2, 0) is 21.2 Å². The van der Waals surface area contributed by atoms with E-state index in [2.05, 4.69) is 17.4 Å². The Morgan fingerprint density at radius 2 is 2.00 bits per heavy atom. The van der Waals surface area contributed by atoms with Crippen LogP contribution in [0, 0.1) is 5.92 Å². The fourth-order valence-corrected chi connectivity index (χ4v) is 5.85. The highest BCUT2D eigenvalue weighted by Crippen LogP contribution is 2.32. The average molecular weight is 479 g/mol. The number of nitrogens with zero attached hydrogens (tertiary/aromatic N) is 1. The standard InChI is InChI=1S/C24H31ClN2O4S/c1-3-31-22-14-13-21(25)16-23(22)32(29,30)27-15-7-10-20(17-27)24(28)26-18(2)11-12-19-8-5-4-6-9-19/h4-6,8-9,13-14,16,18,20H,3,7,10-12,15,17H2,1-2H3,(H,26,28)/t18-,20-/m1/s1. The third-order valence-corrected chi connectivity index (χ3v) is 7.80. The van der Waals surface area contributed by atoms with Crippen LogP contribution in [0.4, 0.5) is 0 Å². The molecule has 1 amide bonds. The molecule has 3 rings (SSSR count). The van der Waals surface area contributed by atoms with Gasteiger partial charge in [-0.25, -0.2) is 8.42 Å². The Labute approximate surface area is 196 Å². The van der Waals surface area contributed by atoms with Crippen LogP contribution in [0.25, 0.3) is 0 Å². The minimum absolute atomic E-state index is 0.00664. The van der Waals surface area contributed by atoms with Crippen molar-refractivity contribution in [2.75, 3.05) is 19.7 Å². The number of carbonyl (C=O) groups is 1. The van der Waals surface area contributed by atoms with Crippen LogP contribution in [0.5, 0.6) is 5.75 Å². The first kappa shape index (κ1) is 24.6. The van der Waals surface area contributed by atoms with Gasteiger partial charge in [-0.15, -0.1) is 0 Å². The van der Waals surface area contributed by atoms with Crippen molar-refractivity contribution in [1.82, 2.24) is 9.62 Å². The van der Waals surface area contributed by atoms with Gasteiger partial charge in [0.2, 0.25) is 15.9 Å². The zero-order chi connectivity index (χ0) is 23.1. The molecule has 0 aromatic heterocycles. The summed E-state index contributed by atoms with van der Waals surface area (Å²) in [5.74, 6) is -0.202. The quantitative estimate of drug-likeness (QED) is 0.583. The largest absolute Gasteiger partial charge is 0.492 e. The number of piperidine rings is 1. The van der Waals surface area contributed by atoms with Crippen molar-refractivity contribution in [3.05, 3.63) is 59.1 Å². The van der Waals surface area contributed by atoms with Gasteiger partial charge in [-0.3, -0.25) is 4.79 Å². The predicted octanol–water partition coefficient (Wildman–Crippen LogP) is 4.28. The minimum atomic E-state index is -3.83. The van der Waals surface area contributed by atoms with Crippen molar-refractivity contribution in [1.29, 1.82) is 0 Å². The van der Waals surface area contributed by atoms with E-state index in [0.717, 1.165) is 12.8 Å². The summed E-state index contributed by atoms with van der Waals surface area (Å²) in [6.07, 6.45) is 2.99. The van der Waals surface area contributed by atoms with E-state index in [-0.39, 0.29) is 35.1 Å². The molecule has 174 valence electrons. The number of aryl methyl sites for hydroxylation is 1. The number of rotatable bonds is 9. The van der Waals surface area contributed by atoms with Crippen molar-refractivity contribution in [2.24, 2.45) is 5.92 Å². The summed E-state index contributed by atoms with van der Waals surface area (Å²) < 4.78 is 33.6. The monoisotopic (exact) mass is 478 g/mol. The number of halogens is 1. The molecule has 1 heterocycles. The number of nitrogens with one attached hydrogen (secondary N) is 1. The minimum Gasteiger partial charge on any atom is -0.492 e. The Balaban J connectivity index is 1.64. The van der Waals surface area contributed by atoms with Gasteiger partial charge in [0, 0.05) is 24.2 Å². The van der Waals surface area contributed by atoms with Crippen LogP contribution >= 0.6 is 11.6 Å². The number of amides is 1. The summed E-state index contributed by atoms with van der Waals surface area (Å²) in [4.78, 5) is 12.9. The molecule has 0 saturated carbocycles. The molecule has 0 bridgehead atoms. The fraction of sp³-hybridized carbons (Fsp3) is 0.458. The van der Waals surface area contributed by atoms with Gasteiger partial charge >= 0.3 is 0 Å². The first-order chi connectivity index (χ1) is 15.3. The lowest BCUT2D eigenvalue weighted by Crippen LogP contribution is -2.47. The van der Waals surface area contributed by atoms with Gasteiger partial charge in [-0.1, -0.05) is 41.9 Å². The Hall–Kier alpha value is -2.09. The van der Waals surface area contributed by atoms with Crippen LogP contribution < -0.4 is 10.1 Å². The molecule has 0 spiro atoms. The molecule has 32 heavy (non-hydrogen) atoms. The number of hydrogen-bond donors (Lipinski definition) is 1.